The zero-order valence-corrected chi connectivity index (χ0v) is 12.3. The van der Waals surface area contributed by atoms with Gasteiger partial charge in [0.15, 0.2) is 0 Å². The molecule has 2 aromatic rings. The van der Waals surface area contributed by atoms with Gasteiger partial charge in [-0.3, -0.25) is 0 Å². The van der Waals surface area contributed by atoms with Crippen LogP contribution < -0.4 is 10.1 Å². The maximum atomic E-state index is 6.30. The Hall–Kier alpha value is -1.80. The van der Waals surface area contributed by atoms with E-state index in [1.165, 1.54) is 16.7 Å². The average Bonchev–Trinajstić information content (AvgIpc) is 2.46. The zero-order valence-electron chi connectivity index (χ0n) is 12.3. The molecule has 1 N–H and O–H groups in total. The van der Waals surface area contributed by atoms with Gasteiger partial charge in [-0.2, -0.15) is 0 Å². The van der Waals surface area contributed by atoms with Gasteiger partial charge in [-0.05, 0) is 26.5 Å². The van der Waals surface area contributed by atoms with Crippen molar-refractivity contribution in [1.29, 1.82) is 0 Å². The van der Waals surface area contributed by atoms with E-state index in [1.54, 1.807) is 0 Å². The van der Waals surface area contributed by atoms with Crippen LogP contribution in [0.4, 0.5) is 0 Å². The van der Waals surface area contributed by atoms with Crippen LogP contribution in [0.5, 0.6) is 5.75 Å². The van der Waals surface area contributed by atoms with E-state index in [0.29, 0.717) is 6.04 Å². The minimum absolute atomic E-state index is 0.147. The van der Waals surface area contributed by atoms with Gasteiger partial charge < -0.3 is 10.1 Å². The monoisotopic (exact) mass is 267 g/mol. The molecule has 1 unspecified atom stereocenters. The van der Waals surface area contributed by atoms with Gasteiger partial charge in [-0.15, -0.1) is 0 Å². The second kappa shape index (κ2) is 4.95. The number of benzene rings is 2. The Morgan fingerprint density at radius 2 is 1.80 bits per heavy atom. The topological polar surface area (TPSA) is 21.3 Å². The molecule has 0 fully saturated rings. The summed E-state index contributed by atoms with van der Waals surface area (Å²) in [5.74, 6) is 1.02. The first-order valence-corrected chi connectivity index (χ1v) is 7.15. The van der Waals surface area contributed by atoms with Crippen molar-refractivity contribution in [1.82, 2.24) is 5.32 Å². The van der Waals surface area contributed by atoms with Crippen LogP contribution in [0.3, 0.4) is 0 Å². The zero-order chi connectivity index (χ0) is 14.2. The van der Waals surface area contributed by atoms with Gasteiger partial charge in [0.05, 0.1) is 0 Å². The molecular formula is C18H21NO. The Morgan fingerprint density at radius 1 is 1.05 bits per heavy atom. The van der Waals surface area contributed by atoms with Crippen molar-refractivity contribution < 1.29 is 4.74 Å². The molecule has 1 atom stereocenters. The maximum Gasteiger partial charge on any atom is 0.132 e. The average molecular weight is 267 g/mol. The number of nitrogens with one attached hydrogen (secondary N) is 1. The lowest BCUT2D eigenvalue weighted by Gasteiger charge is -2.38. The fraction of sp³-hybridized carbons (Fsp3) is 0.333. The number of hydrogen-bond acceptors (Lipinski definition) is 2. The molecule has 2 nitrogen and oxygen atoms in total. The smallest absolute Gasteiger partial charge is 0.132 e. The van der Waals surface area contributed by atoms with Crippen molar-refractivity contribution >= 4 is 0 Å². The first-order chi connectivity index (χ1) is 9.61. The molecule has 0 bridgehead atoms. The molecule has 1 aliphatic heterocycles. The third kappa shape index (κ3) is 2.32. The summed E-state index contributed by atoms with van der Waals surface area (Å²) < 4.78 is 6.30. The summed E-state index contributed by atoms with van der Waals surface area (Å²) >= 11 is 0. The van der Waals surface area contributed by atoms with E-state index in [1.807, 2.05) is 13.1 Å². The van der Waals surface area contributed by atoms with Crippen molar-refractivity contribution in [2.45, 2.75) is 31.9 Å². The van der Waals surface area contributed by atoms with Crippen molar-refractivity contribution in [3.63, 3.8) is 0 Å². The van der Waals surface area contributed by atoms with Gasteiger partial charge in [0, 0.05) is 23.6 Å². The SMILES string of the molecule is CNC1CC(C)(C)Oc2c(-c3ccccc3)cccc21. The molecule has 0 saturated carbocycles. The Morgan fingerprint density at radius 3 is 2.50 bits per heavy atom. The second-order valence-corrected chi connectivity index (χ2v) is 6.00. The van der Waals surface area contributed by atoms with E-state index < -0.39 is 0 Å². The fourth-order valence-corrected chi connectivity index (χ4v) is 2.97. The lowest BCUT2D eigenvalue weighted by molar-refractivity contribution is 0.0683. The largest absolute Gasteiger partial charge is 0.487 e. The highest BCUT2D eigenvalue weighted by Gasteiger charge is 2.34. The lowest BCUT2D eigenvalue weighted by atomic mass is 9.87. The molecule has 0 amide bonds. The molecule has 104 valence electrons. The summed E-state index contributed by atoms with van der Waals surface area (Å²) in [6.07, 6.45) is 0.981. The third-order valence-corrected chi connectivity index (χ3v) is 3.93. The van der Waals surface area contributed by atoms with Crippen molar-refractivity contribution in [3.8, 4) is 16.9 Å². The summed E-state index contributed by atoms with van der Waals surface area (Å²) in [4.78, 5) is 0. The van der Waals surface area contributed by atoms with Gasteiger partial charge in [0.2, 0.25) is 0 Å². The molecular weight excluding hydrogens is 246 g/mol. The van der Waals surface area contributed by atoms with Crippen LogP contribution in [0, 0.1) is 0 Å². The summed E-state index contributed by atoms with van der Waals surface area (Å²) in [7, 11) is 2.02. The van der Waals surface area contributed by atoms with Crippen molar-refractivity contribution in [2.75, 3.05) is 7.05 Å². The van der Waals surface area contributed by atoms with Crippen LogP contribution in [0.25, 0.3) is 11.1 Å². The van der Waals surface area contributed by atoms with E-state index in [9.17, 15) is 0 Å². The Labute approximate surface area is 120 Å². The Kier molecular flexibility index (Phi) is 3.27. The van der Waals surface area contributed by atoms with Crippen LogP contribution in [0.2, 0.25) is 0 Å². The molecule has 20 heavy (non-hydrogen) atoms. The number of fused-ring (bicyclic) bond motifs is 1. The molecule has 0 radical (unpaired) electrons. The molecule has 2 heteroatoms. The van der Waals surface area contributed by atoms with Crippen LogP contribution >= 0.6 is 0 Å². The van der Waals surface area contributed by atoms with Gasteiger partial charge in [0.25, 0.3) is 0 Å². The lowest BCUT2D eigenvalue weighted by Crippen LogP contribution is -2.38. The normalized spacial score (nSPS) is 20.1. The summed E-state index contributed by atoms with van der Waals surface area (Å²) in [6.45, 7) is 4.31. The van der Waals surface area contributed by atoms with E-state index in [2.05, 4.69) is 61.6 Å². The third-order valence-electron chi connectivity index (χ3n) is 3.93. The van der Waals surface area contributed by atoms with E-state index in [-0.39, 0.29) is 5.60 Å². The molecule has 0 aromatic heterocycles. The predicted octanol–water partition coefficient (Wildman–Crippen LogP) is 4.18. The first-order valence-electron chi connectivity index (χ1n) is 7.15. The van der Waals surface area contributed by atoms with Crippen molar-refractivity contribution in [3.05, 3.63) is 54.1 Å². The summed E-state index contributed by atoms with van der Waals surface area (Å²) in [5, 5.41) is 3.41. The molecule has 1 aliphatic rings. The van der Waals surface area contributed by atoms with Gasteiger partial charge in [0.1, 0.15) is 11.4 Å². The molecule has 2 aromatic carbocycles. The fourth-order valence-electron chi connectivity index (χ4n) is 2.97. The van der Waals surface area contributed by atoms with Crippen molar-refractivity contribution in [2.24, 2.45) is 0 Å². The van der Waals surface area contributed by atoms with Crippen LogP contribution in [0.15, 0.2) is 48.5 Å². The standard InChI is InChI=1S/C18H21NO/c1-18(2)12-16(19-3)15-11-7-10-14(17(15)20-18)13-8-5-4-6-9-13/h4-11,16,19H,12H2,1-3H3. The minimum Gasteiger partial charge on any atom is -0.487 e. The second-order valence-electron chi connectivity index (χ2n) is 6.00. The molecule has 3 rings (SSSR count). The summed E-state index contributed by atoms with van der Waals surface area (Å²) in [5.41, 5.74) is 3.49. The summed E-state index contributed by atoms with van der Waals surface area (Å²) in [6, 6.07) is 17.2. The first kappa shape index (κ1) is 13.2. The maximum absolute atomic E-state index is 6.30. The van der Waals surface area contributed by atoms with Gasteiger partial charge in [-0.1, -0.05) is 48.5 Å². The molecule has 0 saturated heterocycles. The van der Waals surface area contributed by atoms with Gasteiger partial charge in [-0.25, -0.2) is 0 Å². The van der Waals surface area contributed by atoms with Crippen LogP contribution in [-0.4, -0.2) is 12.6 Å². The highest BCUT2D eigenvalue weighted by atomic mass is 16.5. The Balaban J connectivity index is 2.16. The number of para-hydroxylation sites is 1. The van der Waals surface area contributed by atoms with E-state index in [0.717, 1.165) is 12.2 Å². The number of rotatable bonds is 2. The number of hydrogen-bond donors (Lipinski definition) is 1. The highest BCUT2D eigenvalue weighted by molar-refractivity contribution is 5.73. The molecule has 0 aliphatic carbocycles. The van der Waals surface area contributed by atoms with Crippen LogP contribution in [-0.2, 0) is 0 Å². The van der Waals surface area contributed by atoms with Gasteiger partial charge >= 0.3 is 0 Å². The predicted molar refractivity (Wildman–Crippen MR) is 83.0 cm³/mol. The highest BCUT2D eigenvalue weighted by Crippen LogP contribution is 2.44. The quantitative estimate of drug-likeness (QED) is 0.881. The minimum atomic E-state index is -0.147. The van der Waals surface area contributed by atoms with E-state index >= 15 is 0 Å². The van der Waals surface area contributed by atoms with E-state index in [4.69, 9.17) is 4.74 Å². The van der Waals surface area contributed by atoms with Crippen LogP contribution in [0.1, 0.15) is 31.9 Å². The molecule has 0 spiro atoms. The Bertz CT molecular complexity index is 604. The molecule has 1 heterocycles. The number of ether oxygens (including phenoxy) is 1.